The minimum Gasteiger partial charge on any atom is -0.444 e. The summed E-state index contributed by atoms with van der Waals surface area (Å²) in [6.45, 7) is 0.220. The molecule has 1 amide bonds. The van der Waals surface area contributed by atoms with Gasteiger partial charge in [-0.15, -0.1) is 11.3 Å². The Morgan fingerprint density at radius 3 is 2.16 bits per heavy atom. The number of nitrogens with zero attached hydrogens (tertiary/aromatic N) is 1. The first kappa shape index (κ1) is 29.7. The molecular weight excluding hydrogens is 745 g/mol. The summed E-state index contributed by atoms with van der Waals surface area (Å²) in [6.07, 6.45) is -0.403. The molecule has 0 saturated heterocycles. The quantitative estimate of drug-likeness (QED) is 0.132. The maximum atomic E-state index is 13.2. The molecule has 0 aliphatic heterocycles. The first-order valence-electron chi connectivity index (χ1n) is 16.7. The van der Waals surface area contributed by atoms with Crippen molar-refractivity contribution in [3.8, 4) is 33.4 Å². The molecule has 238 valence electrons. The Hall–Kier alpha value is -5.24. The van der Waals surface area contributed by atoms with E-state index in [1.165, 1.54) is 64.7 Å². The molecule has 1 atom stereocenters. The summed E-state index contributed by atoms with van der Waals surface area (Å²) in [4.78, 5) is 13.2. The van der Waals surface area contributed by atoms with Crippen LogP contribution >= 0.6 is 34.2 Å². The zero-order chi connectivity index (χ0) is 33.4. The van der Waals surface area contributed by atoms with Crippen LogP contribution in [0, 0.1) is 0 Å². The normalized spacial score (nSPS) is 15.1. The van der Waals surface area contributed by atoms with Gasteiger partial charge in [-0.05, 0) is 73.8 Å². The number of anilines is 1. The van der Waals surface area contributed by atoms with Crippen molar-refractivity contribution in [3.05, 3.63) is 186 Å². The van der Waals surface area contributed by atoms with Gasteiger partial charge in [-0.1, -0.05) is 140 Å². The molecule has 7 aromatic carbocycles. The summed E-state index contributed by atoms with van der Waals surface area (Å²) in [5.41, 5.74) is 13.8. The van der Waals surface area contributed by atoms with Crippen molar-refractivity contribution in [2.24, 2.45) is 0 Å². The van der Waals surface area contributed by atoms with Crippen LogP contribution in [-0.4, -0.2) is 6.09 Å². The van der Waals surface area contributed by atoms with Crippen LogP contribution in [-0.2, 0) is 16.8 Å². The van der Waals surface area contributed by atoms with Crippen LogP contribution < -0.4 is 3.11 Å². The lowest BCUT2D eigenvalue weighted by Gasteiger charge is -2.32. The number of halogens is 1. The Kier molecular flexibility index (Phi) is 6.76. The van der Waals surface area contributed by atoms with E-state index in [0.29, 0.717) is 0 Å². The highest BCUT2D eigenvalue weighted by molar-refractivity contribution is 14.1. The average Bonchev–Trinajstić information content (AvgIpc) is 3.81. The molecule has 8 aromatic rings. The van der Waals surface area contributed by atoms with Crippen LogP contribution in [0.1, 0.15) is 27.8 Å². The smallest absolute Gasteiger partial charge is 0.423 e. The second kappa shape index (κ2) is 11.4. The summed E-state index contributed by atoms with van der Waals surface area (Å²) < 4.78 is 9.91. The summed E-state index contributed by atoms with van der Waals surface area (Å²) >= 11 is 3.95. The van der Waals surface area contributed by atoms with Crippen LogP contribution in [0.4, 0.5) is 10.5 Å². The van der Waals surface area contributed by atoms with Crippen LogP contribution in [0.25, 0.3) is 53.6 Å². The van der Waals surface area contributed by atoms with Gasteiger partial charge in [0.15, 0.2) is 0 Å². The van der Waals surface area contributed by atoms with Gasteiger partial charge in [0.25, 0.3) is 0 Å². The fraction of sp³-hybridized carbons (Fsp3) is 0.0444. The molecule has 2 aliphatic carbocycles. The van der Waals surface area contributed by atoms with Gasteiger partial charge in [-0.3, -0.25) is 0 Å². The molecule has 0 fully saturated rings. The lowest BCUT2D eigenvalue weighted by molar-refractivity contribution is 0.152. The number of carbonyl (C=O) groups is 1. The molecule has 1 heterocycles. The van der Waals surface area contributed by atoms with Gasteiger partial charge in [-0.25, -0.2) is 7.91 Å². The van der Waals surface area contributed by atoms with Crippen molar-refractivity contribution in [2.75, 3.05) is 3.11 Å². The van der Waals surface area contributed by atoms with Crippen LogP contribution in [0.5, 0.6) is 0 Å². The number of ether oxygens (including phenoxy) is 1. The molecule has 1 spiro atoms. The maximum absolute atomic E-state index is 13.2. The highest BCUT2D eigenvalue weighted by Gasteiger charge is 2.53. The van der Waals surface area contributed by atoms with E-state index in [0.717, 1.165) is 22.4 Å². The van der Waals surface area contributed by atoms with E-state index in [9.17, 15) is 4.79 Å². The molecule has 0 N–H and O–H groups in total. The first-order chi connectivity index (χ1) is 24.6. The Morgan fingerprint density at radius 2 is 1.30 bits per heavy atom. The molecule has 5 heteroatoms. The van der Waals surface area contributed by atoms with Gasteiger partial charge in [0.2, 0.25) is 0 Å². The van der Waals surface area contributed by atoms with Crippen LogP contribution in [0.3, 0.4) is 0 Å². The zero-order valence-electron chi connectivity index (χ0n) is 26.8. The number of amides is 1. The van der Waals surface area contributed by atoms with E-state index < -0.39 is 11.5 Å². The van der Waals surface area contributed by atoms with Crippen molar-refractivity contribution in [1.29, 1.82) is 0 Å². The van der Waals surface area contributed by atoms with Gasteiger partial charge in [0, 0.05) is 25.7 Å². The standard InChI is InChI=1S/C45H28INO2S/c46-47(44(48)49-27-28-12-2-1-3-13-28)30-15-10-14-29(26-30)31-19-11-20-34-32-16-4-7-21-37(32)45(42(31)34)38-22-8-5-18-36(38)41-39(45)25-24-35-33-17-6-9-23-40(33)50-43(35)41/h1-26H,27H2. The van der Waals surface area contributed by atoms with Crippen LogP contribution in [0.15, 0.2) is 158 Å². The second-order valence-electron chi connectivity index (χ2n) is 12.9. The van der Waals surface area contributed by atoms with Crippen molar-refractivity contribution < 1.29 is 9.53 Å². The fourth-order valence-corrected chi connectivity index (χ4v) is 10.1. The number of hydrogen-bond acceptors (Lipinski definition) is 3. The first-order valence-corrected chi connectivity index (χ1v) is 18.5. The molecule has 1 unspecified atom stereocenters. The van der Waals surface area contributed by atoms with Crippen LogP contribution in [0.2, 0.25) is 0 Å². The Balaban J connectivity index is 1.18. The Morgan fingerprint density at radius 1 is 0.620 bits per heavy atom. The zero-order valence-corrected chi connectivity index (χ0v) is 29.7. The van der Waals surface area contributed by atoms with E-state index in [2.05, 4.69) is 138 Å². The average molecular weight is 774 g/mol. The number of fused-ring (bicyclic) bond motifs is 14. The number of rotatable bonds is 4. The second-order valence-corrected chi connectivity index (χ2v) is 14.9. The number of benzene rings is 7. The SMILES string of the molecule is O=C(OCc1ccccc1)N(I)c1cccc(-c2cccc3c2C2(c4ccccc4-3)c3ccccc3-c3c2ccc2c3sc3ccccc32)c1. The van der Waals surface area contributed by atoms with Crippen molar-refractivity contribution in [2.45, 2.75) is 12.0 Å². The fourth-order valence-electron chi connectivity index (χ4n) is 8.38. The Bertz CT molecular complexity index is 2660. The highest BCUT2D eigenvalue weighted by Crippen LogP contribution is 2.66. The molecule has 0 radical (unpaired) electrons. The van der Waals surface area contributed by atoms with Crippen molar-refractivity contribution >= 4 is 66.2 Å². The summed E-state index contributed by atoms with van der Waals surface area (Å²) in [5, 5.41) is 2.62. The van der Waals surface area contributed by atoms with E-state index in [1.54, 1.807) is 3.11 Å². The summed E-state index contributed by atoms with van der Waals surface area (Å²) in [7, 11) is 0. The summed E-state index contributed by atoms with van der Waals surface area (Å²) in [5.74, 6) is 0. The molecule has 50 heavy (non-hydrogen) atoms. The number of carbonyl (C=O) groups excluding carboxylic acids is 1. The highest BCUT2D eigenvalue weighted by atomic mass is 127. The maximum Gasteiger partial charge on any atom is 0.423 e. The van der Waals surface area contributed by atoms with Gasteiger partial charge in [0.1, 0.15) is 6.61 Å². The monoisotopic (exact) mass is 773 g/mol. The third-order valence-electron chi connectivity index (χ3n) is 10.4. The molecule has 2 aliphatic rings. The van der Waals surface area contributed by atoms with E-state index in [4.69, 9.17) is 4.74 Å². The Labute approximate surface area is 307 Å². The predicted octanol–water partition coefficient (Wildman–Crippen LogP) is 12.6. The predicted molar refractivity (Wildman–Crippen MR) is 214 cm³/mol. The van der Waals surface area contributed by atoms with E-state index in [-0.39, 0.29) is 6.61 Å². The lowest BCUT2D eigenvalue weighted by atomic mass is 9.68. The van der Waals surface area contributed by atoms with Gasteiger partial charge in [0.05, 0.1) is 34.0 Å². The van der Waals surface area contributed by atoms with Gasteiger partial charge in [-0.2, -0.15) is 0 Å². The molecule has 1 aromatic heterocycles. The molecule has 0 bridgehead atoms. The van der Waals surface area contributed by atoms with E-state index in [1.807, 2.05) is 53.8 Å². The van der Waals surface area contributed by atoms with Crippen molar-refractivity contribution in [1.82, 2.24) is 0 Å². The third-order valence-corrected chi connectivity index (χ3v) is 12.5. The van der Waals surface area contributed by atoms with Gasteiger partial charge < -0.3 is 4.74 Å². The molecule has 0 saturated carbocycles. The topological polar surface area (TPSA) is 29.5 Å². The van der Waals surface area contributed by atoms with Crippen molar-refractivity contribution in [3.63, 3.8) is 0 Å². The minimum atomic E-state index is -0.507. The number of thiophene rings is 1. The lowest BCUT2D eigenvalue weighted by Crippen LogP contribution is -2.26. The molecule has 3 nitrogen and oxygen atoms in total. The summed E-state index contributed by atoms with van der Waals surface area (Å²) in [6, 6.07) is 56.2. The third kappa shape index (κ3) is 4.17. The largest absolute Gasteiger partial charge is 0.444 e. The van der Waals surface area contributed by atoms with Gasteiger partial charge >= 0.3 is 6.09 Å². The molecular formula is C45H28INO2S. The minimum absolute atomic E-state index is 0.220. The number of hydrogen-bond donors (Lipinski definition) is 0. The molecule has 10 rings (SSSR count). The van der Waals surface area contributed by atoms with E-state index >= 15 is 0 Å².